The van der Waals surface area contributed by atoms with Crippen molar-refractivity contribution in [3.05, 3.63) is 77.9 Å². The van der Waals surface area contributed by atoms with E-state index in [4.69, 9.17) is 0 Å². The van der Waals surface area contributed by atoms with Gasteiger partial charge in [-0.2, -0.15) is 0 Å². The lowest BCUT2D eigenvalue weighted by atomic mass is 10.1. The van der Waals surface area contributed by atoms with E-state index in [0.717, 1.165) is 30.4 Å². The number of nitrogens with zero attached hydrogens (tertiary/aromatic N) is 4. The molecule has 0 aliphatic heterocycles. The highest BCUT2D eigenvalue weighted by Gasteiger charge is 2.07. The molecule has 0 spiro atoms. The van der Waals surface area contributed by atoms with Gasteiger partial charge in [-0.1, -0.05) is 49.4 Å². The molecule has 2 aromatic carbocycles. The molecule has 0 aliphatic carbocycles. The van der Waals surface area contributed by atoms with Crippen molar-refractivity contribution in [3.8, 4) is 5.69 Å². The Hall–Kier alpha value is -2.42. The topological polar surface area (TPSA) is 67.1 Å². The van der Waals surface area contributed by atoms with E-state index < -0.39 is 0 Å². The highest BCUT2D eigenvalue weighted by atomic mass is 127. The zero-order valence-corrected chi connectivity index (χ0v) is 17.9. The van der Waals surface area contributed by atoms with Gasteiger partial charge in [0.2, 0.25) is 0 Å². The number of aryl methyl sites for hydroxylation is 1. The van der Waals surface area contributed by atoms with E-state index in [-0.39, 0.29) is 24.0 Å². The first-order chi connectivity index (χ1) is 12.8. The molecule has 0 amide bonds. The molecule has 0 unspecified atom stereocenters. The van der Waals surface area contributed by atoms with Crippen LogP contribution < -0.4 is 10.6 Å². The number of aliphatic imine (C=N–C) groups is 1. The average Bonchev–Trinajstić information content (AvgIpc) is 3.17. The van der Waals surface area contributed by atoms with Crippen LogP contribution in [0.25, 0.3) is 5.69 Å². The van der Waals surface area contributed by atoms with E-state index in [0.29, 0.717) is 6.54 Å². The van der Waals surface area contributed by atoms with E-state index in [1.54, 1.807) is 13.4 Å². The summed E-state index contributed by atoms with van der Waals surface area (Å²) in [7, 11) is 1.77. The zero-order chi connectivity index (χ0) is 18.2. The Kier molecular flexibility index (Phi) is 8.25. The van der Waals surface area contributed by atoms with Crippen LogP contribution >= 0.6 is 24.0 Å². The summed E-state index contributed by atoms with van der Waals surface area (Å²) in [4.78, 5) is 4.30. The lowest BCUT2D eigenvalue weighted by Gasteiger charge is -2.14. The van der Waals surface area contributed by atoms with E-state index in [1.807, 2.05) is 34.9 Å². The number of aromatic nitrogens is 3. The van der Waals surface area contributed by atoms with Crippen molar-refractivity contribution < 1.29 is 0 Å². The summed E-state index contributed by atoms with van der Waals surface area (Å²) >= 11 is 0. The summed E-state index contributed by atoms with van der Waals surface area (Å²) < 4.78 is 1.96. The second kappa shape index (κ2) is 10.7. The Labute approximate surface area is 177 Å². The lowest BCUT2D eigenvalue weighted by Crippen LogP contribution is -2.37. The van der Waals surface area contributed by atoms with Crippen molar-refractivity contribution in [2.45, 2.75) is 26.4 Å². The molecule has 1 heterocycles. The molecular formula is C20H25IN6. The standard InChI is InChI=1S/C20H24N6.HI/c1-3-16-9-7-8-10-17(16)13-22-20(21-2)23-14-19-25-24-15-26(19)18-11-5-4-6-12-18;/h4-12,15H,3,13-14H2,1-2H3,(H2,21,22,23);1H. The highest BCUT2D eigenvalue weighted by Crippen LogP contribution is 2.10. The molecule has 3 rings (SSSR count). The molecule has 0 radical (unpaired) electrons. The fourth-order valence-corrected chi connectivity index (χ4v) is 2.82. The molecule has 7 heteroatoms. The SMILES string of the molecule is CCc1ccccc1CNC(=NC)NCc1nncn1-c1ccccc1.I. The third-order valence-corrected chi connectivity index (χ3v) is 4.24. The van der Waals surface area contributed by atoms with Gasteiger partial charge in [-0.05, 0) is 29.7 Å². The number of halogens is 1. The van der Waals surface area contributed by atoms with Crippen molar-refractivity contribution >= 4 is 29.9 Å². The third-order valence-electron chi connectivity index (χ3n) is 4.24. The van der Waals surface area contributed by atoms with Gasteiger partial charge >= 0.3 is 0 Å². The Bertz CT molecular complexity index is 860. The predicted molar refractivity (Wildman–Crippen MR) is 120 cm³/mol. The van der Waals surface area contributed by atoms with Gasteiger partial charge in [0.05, 0.1) is 6.54 Å². The van der Waals surface area contributed by atoms with E-state index in [2.05, 4.69) is 57.0 Å². The fraction of sp³-hybridized carbons (Fsp3) is 0.250. The Morgan fingerprint density at radius 1 is 0.963 bits per heavy atom. The van der Waals surface area contributed by atoms with Gasteiger partial charge in [0, 0.05) is 19.3 Å². The summed E-state index contributed by atoms with van der Waals surface area (Å²) in [6.07, 6.45) is 2.74. The minimum absolute atomic E-state index is 0. The maximum absolute atomic E-state index is 4.30. The maximum atomic E-state index is 4.30. The lowest BCUT2D eigenvalue weighted by molar-refractivity contribution is 0.752. The van der Waals surface area contributed by atoms with Crippen LogP contribution in [0.5, 0.6) is 0 Å². The molecule has 3 aromatic rings. The molecule has 142 valence electrons. The summed E-state index contributed by atoms with van der Waals surface area (Å²) in [5, 5.41) is 14.9. The monoisotopic (exact) mass is 476 g/mol. The number of para-hydroxylation sites is 1. The summed E-state index contributed by atoms with van der Waals surface area (Å²) in [6, 6.07) is 18.5. The Balaban J connectivity index is 0.00000261. The molecule has 0 aliphatic rings. The van der Waals surface area contributed by atoms with E-state index in [1.165, 1.54) is 11.1 Å². The first-order valence-corrected chi connectivity index (χ1v) is 8.77. The molecule has 6 nitrogen and oxygen atoms in total. The first-order valence-electron chi connectivity index (χ1n) is 8.77. The molecule has 2 N–H and O–H groups in total. The molecule has 0 saturated heterocycles. The van der Waals surface area contributed by atoms with Crippen LogP contribution in [0.4, 0.5) is 0 Å². The van der Waals surface area contributed by atoms with Crippen LogP contribution in [0.1, 0.15) is 23.9 Å². The van der Waals surface area contributed by atoms with Gasteiger partial charge in [0.1, 0.15) is 6.33 Å². The van der Waals surface area contributed by atoms with Gasteiger partial charge in [-0.15, -0.1) is 34.2 Å². The van der Waals surface area contributed by atoms with Gasteiger partial charge in [-0.25, -0.2) is 0 Å². The minimum Gasteiger partial charge on any atom is -0.352 e. The first kappa shape index (κ1) is 20.9. The number of hydrogen-bond acceptors (Lipinski definition) is 3. The number of guanidine groups is 1. The van der Waals surface area contributed by atoms with E-state index >= 15 is 0 Å². The quantitative estimate of drug-likeness (QED) is 0.326. The molecule has 0 bridgehead atoms. The van der Waals surface area contributed by atoms with Gasteiger partial charge in [0.15, 0.2) is 11.8 Å². The second-order valence-corrected chi connectivity index (χ2v) is 5.85. The van der Waals surface area contributed by atoms with Crippen LogP contribution in [0.2, 0.25) is 0 Å². The number of hydrogen-bond donors (Lipinski definition) is 2. The van der Waals surface area contributed by atoms with Crippen molar-refractivity contribution in [1.29, 1.82) is 0 Å². The van der Waals surface area contributed by atoms with Gasteiger partial charge in [-0.3, -0.25) is 9.56 Å². The number of benzene rings is 2. The molecule has 0 atom stereocenters. The largest absolute Gasteiger partial charge is 0.352 e. The van der Waals surface area contributed by atoms with Crippen LogP contribution in [0, 0.1) is 0 Å². The van der Waals surface area contributed by atoms with Crippen LogP contribution in [-0.4, -0.2) is 27.8 Å². The van der Waals surface area contributed by atoms with Crippen LogP contribution in [0.3, 0.4) is 0 Å². The smallest absolute Gasteiger partial charge is 0.191 e. The van der Waals surface area contributed by atoms with Crippen molar-refractivity contribution in [2.75, 3.05) is 7.05 Å². The number of nitrogens with one attached hydrogen (secondary N) is 2. The van der Waals surface area contributed by atoms with Crippen LogP contribution in [0.15, 0.2) is 65.9 Å². The van der Waals surface area contributed by atoms with Crippen molar-refractivity contribution in [1.82, 2.24) is 25.4 Å². The summed E-state index contributed by atoms with van der Waals surface area (Å²) in [5.41, 5.74) is 3.67. The molecule has 1 aromatic heterocycles. The van der Waals surface area contributed by atoms with Crippen molar-refractivity contribution in [3.63, 3.8) is 0 Å². The summed E-state index contributed by atoms with van der Waals surface area (Å²) in [5.74, 6) is 1.56. The zero-order valence-electron chi connectivity index (χ0n) is 15.6. The van der Waals surface area contributed by atoms with Gasteiger partial charge < -0.3 is 10.6 Å². The predicted octanol–water partition coefficient (Wildman–Crippen LogP) is 3.31. The molecule has 0 saturated carbocycles. The Morgan fingerprint density at radius 2 is 1.63 bits per heavy atom. The average molecular weight is 476 g/mol. The minimum atomic E-state index is 0. The van der Waals surface area contributed by atoms with Crippen molar-refractivity contribution in [2.24, 2.45) is 4.99 Å². The number of rotatable bonds is 6. The van der Waals surface area contributed by atoms with Gasteiger partial charge in [0.25, 0.3) is 0 Å². The maximum Gasteiger partial charge on any atom is 0.191 e. The molecule has 27 heavy (non-hydrogen) atoms. The molecular weight excluding hydrogens is 451 g/mol. The third kappa shape index (κ3) is 5.53. The highest BCUT2D eigenvalue weighted by molar-refractivity contribution is 14.0. The summed E-state index contributed by atoms with van der Waals surface area (Å²) in [6.45, 7) is 3.43. The van der Waals surface area contributed by atoms with E-state index in [9.17, 15) is 0 Å². The Morgan fingerprint density at radius 3 is 2.33 bits per heavy atom. The fourth-order valence-electron chi connectivity index (χ4n) is 2.82. The molecule has 0 fully saturated rings. The van der Waals surface area contributed by atoms with Crippen LogP contribution in [-0.2, 0) is 19.5 Å². The second-order valence-electron chi connectivity index (χ2n) is 5.85. The normalized spacial score (nSPS) is 11.0.